The SMILES string of the molecule is Nc1nc(Nc2cc(Cl)cc(Cl)c2)c2cn[nH]c2n1. The normalized spacial score (nSPS) is 10.8. The van der Waals surface area contributed by atoms with Crippen LogP contribution in [0.4, 0.5) is 17.5 Å². The van der Waals surface area contributed by atoms with Gasteiger partial charge in [-0.15, -0.1) is 0 Å². The summed E-state index contributed by atoms with van der Waals surface area (Å²) < 4.78 is 0. The third-order valence-electron chi connectivity index (χ3n) is 2.45. The maximum Gasteiger partial charge on any atom is 0.224 e. The lowest BCUT2D eigenvalue weighted by molar-refractivity contribution is 1.09. The molecular weight excluding hydrogens is 287 g/mol. The number of aromatic nitrogens is 4. The Bertz CT molecular complexity index is 734. The molecule has 19 heavy (non-hydrogen) atoms. The van der Waals surface area contributed by atoms with Crippen LogP contribution in [0.5, 0.6) is 0 Å². The molecule has 0 aliphatic carbocycles. The van der Waals surface area contributed by atoms with Gasteiger partial charge in [-0.1, -0.05) is 23.2 Å². The molecule has 8 heteroatoms. The molecule has 2 aromatic heterocycles. The number of rotatable bonds is 2. The maximum absolute atomic E-state index is 5.94. The van der Waals surface area contributed by atoms with Crippen LogP contribution in [-0.2, 0) is 0 Å². The van der Waals surface area contributed by atoms with Crippen LogP contribution in [0.25, 0.3) is 11.0 Å². The van der Waals surface area contributed by atoms with Gasteiger partial charge < -0.3 is 11.1 Å². The number of benzene rings is 1. The first kappa shape index (κ1) is 12.0. The van der Waals surface area contributed by atoms with Crippen LogP contribution in [0.3, 0.4) is 0 Å². The van der Waals surface area contributed by atoms with E-state index in [9.17, 15) is 0 Å². The van der Waals surface area contributed by atoms with Gasteiger partial charge in [0.05, 0.1) is 11.6 Å². The molecule has 0 unspecified atom stereocenters. The van der Waals surface area contributed by atoms with Gasteiger partial charge in [-0.2, -0.15) is 15.1 Å². The Morgan fingerprint density at radius 1 is 1.11 bits per heavy atom. The second kappa shape index (κ2) is 4.56. The highest BCUT2D eigenvalue weighted by Crippen LogP contribution is 2.27. The van der Waals surface area contributed by atoms with Gasteiger partial charge in [0.2, 0.25) is 5.95 Å². The Kier molecular flexibility index (Phi) is 2.88. The minimum atomic E-state index is 0.146. The van der Waals surface area contributed by atoms with Gasteiger partial charge in [-0.3, -0.25) is 5.10 Å². The number of nitrogen functional groups attached to an aromatic ring is 1. The van der Waals surface area contributed by atoms with Gasteiger partial charge in [0.1, 0.15) is 5.82 Å². The van der Waals surface area contributed by atoms with E-state index in [2.05, 4.69) is 25.5 Å². The summed E-state index contributed by atoms with van der Waals surface area (Å²) in [4.78, 5) is 8.17. The predicted molar refractivity (Wildman–Crippen MR) is 75.8 cm³/mol. The molecular formula is C11H8Cl2N6. The van der Waals surface area contributed by atoms with Gasteiger partial charge in [0.15, 0.2) is 5.65 Å². The third-order valence-corrected chi connectivity index (χ3v) is 2.89. The lowest BCUT2D eigenvalue weighted by Gasteiger charge is -2.08. The van der Waals surface area contributed by atoms with E-state index in [0.29, 0.717) is 27.2 Å². The smallest absolute Gasteiger partial charge is 0.224 e. The fraction of sp³-hybridized carbons (Fsp3) is 0. The Hall–Kier alpha value is -2.05. The molecule has 96 valence electrons. The van der Waals surface area contributed by atoms with Crippen LogP contribution in [0.1, 0.15) is 0 Å². The molecule has 0 radical (unpaired) electrons. The summed E-state index contributed by atoms with van der Waals surface area (Å²) >= 11 is 11.9. The van der Waals surface area contributed by atoms with Gasteiger partial charge in [0.25, 0.3) is 0 Å². The highest BCUT2D eigenvalue weighted by atomic mass is 35.5. The first-order valence-electron chi connectivity index (χ1n) is 5.31. The van der Waals surface area contributed by atoms with Crippen molar-refractivity contribution in [3.8, 4) is 0 Å². The third kappa shape index (κ3) is 2.40. The van der Waals surface area contributed by atoms with E-state index in [1.165, 1.54) is 0 Å². The van der Waals surface area contributed by atoms with E-state index in [4.69, 9.17) is 28.9 Å². The summed E-state index contributed by atoms with van der Waals surface area (Å²) in [5.41, 5.74) is 6.90. The molecule has 4 N–H and O–H groups in total. The van der Waals surface area contributed by atoms with Crippen LogP contribution in [0.15, 0.2) is 24.4 Å². The number of halogens is 2. The summed E-state index contributed by atoms with van der Waals surface area (Å²) in [6.45, 7) is 0. The van der Waals surface area contributed by atoms with Crippen LogP contribution >= 0.6 is 23.2 Å². The number of nitrogens with two attached hydrogens (primary N) is 1. The van der Waals surface area contributed by atoms with E-state index in [1.54, 1.807) is 24.4 Å². The number of hydrogen-bond donors (Lipinski definition) is 3. The molecule has 0 atom stereocenters. The van der Waals surface area contributed by atoms with Crippen LogP contribution in [0, 0.1) is 0 Å². The predicted octanol–water partition coefficient (Wildman–Crippen LogP) is 2.99. The first-order chi connectivity index (χ1) is 9.11. The number of hydrogen-bond acceptors (Lipinski definition) is 5. The molecule has 0 aliphatic rings. The van der Waals surface area contributed by atoms with Crippen molar-refractivity contribution in [3.05, 3.63) is 34.4 Å². The fourth-order valence-electron chi connectivity index (χ4n) is 1.71. The molecule has 3 rings (SSSR count). The second-order valence-corrected chi connectivity index (χ2v) is 4.72. The highest BCUT2D eigenvalue weighted by Gasteiger charge is 2.09. The molecule has 0 fully saturated rings. The lowest BCUT2D eigenvalue weighted by atomic mass is 10.3. The first-order valence-corrected chi connectivity index (χ1v) is 6.07. The topological polar surface area (TPSA) is 92.5 Å². The van der Waals surface area contributed by atoms with Gasteiger partial charge in [0, 0.05) is 15.7 Å². The average Bonchev–Trinajstić information content (AvgIpc) is 2.75. The van der Waals surface area contributed by atoms with E-state index in [1.807, 2.05) is 0 Å². The average molecular weight is 295 g/mol. The molecule has 0 aliphatic heterocycles. The Labute approximate surface area is 118 Å². The number of nitrogens with zero attached hydrogens (tertiary/aromatic N) is 3. The van der Waals surface area contributed by atoms with Crippen molar-refractivity contribution in [3.63, 3.8) is 0 Å². The standard InChI is InChI=1S/C11H8Cl2N6/c12-5-1-6(13)3-7(2-5)16-9-8-4-15-19-10(8)18-11(14)17-9/h1-4H,(H4,14,15,16,17,18,19). The van der Waals surface area contributed by atoms with Crippen molar-refractivity contribution in [1.82, 2.24) is 20.2 Å². The zero-order valence-electron chi connectivity index (χ0n) is 9.48. The molecule has 0 saturated heterocycles. The van der Waals surface area contributed by atoms with Crippen LogP contribution < -0.4 is 11.1 Å². The molecule has 0 bridgehead atoms. The van der Waals surface area contributed by atoms with Crippen LogP contribution in [-0.4, -0.2) is 20.2 Å². The van der Waals surface area contributed by atoms with E-state index in [-0.39, 0.29) is 5.95 Å². The van der Waals surface area contributed by atoms with Gasteiger partial charge in [-0.25, -0.2) is 0 Å². The van der Waals surface area contributed by atoms with Crippen molar-refractivity contribution < 1.29 is 0 Å². The van der Waals surface area contributed by atoms with Crippen molar-refractivity contribution in [2.45, 2.75) is 0 Å². The lowest BCUT2D eigenvalue weighted by Crippen LogP contribution is -2.00. The molecule has 1 aromatic carbocycles. The minimum Gasteiger partial charge on any atom is -0.368 e. The fourth-order valence-corrected chi connectivity index (χ4v) is 2.24. The van der Waals surface area contributed by atoms with Crippen LogP contribution in [0.2, 0.25) is 10.0 Å². The highest BCUT2D eigenvalue weighted by molar-refractivity contribution is 6.35. The summed E-state index contributed by atoms with van der Waals surface area (Å²) in [7, 11) is 0. The molecule has 0 amide bonds. The number of fused-ring (bicyclic) bond motifs is 1. The number of nitrogens with one attached hydrogen (secondary N) is 2. The van der Waals surface area contributed by atoms with E-state index < -0.39 is 0 Å². The zero-order valence-corrected chi connectivity index (χ0v) is 11.0. The Morgan fingerprint density at radius 3 is 2.58 bits per heavy atom. The summed E-state index contributed by atoms with van der Waals surface area (Å²) in [6, 6.07) is 5.12. The van der Waals surface area contributed by atoms with E-state index in [0.717, 1.165) is 5.39 Å². The van der Waals surface area contributed by atoms with Crippen molar-refractivity contribution in [1.29, 1.82) is 0 Å². The number of H-pyrrole nitrogens is 1. The Balaban J connectivity index is 2.07. The number of aromatic amines is 1. The van der Waals surface area contributed by atoms with Crippen molar-refractivity contribution in [2.24, 2.45) is 0 Å². The minimum absolute atomic E-state index is 0.146. The Morgan fingerprint density at radius 2 is 1.84 bits per heavy atom. The van der Waals surface area contributed by atoms with Gasteiger partial charge in [-0.05, 0) is 18.2 Å². The molecule has 6 nitrogen and oxygen atoms in total. The van der Waals surface area contributed by atoms with E-state index >= 15 is 0 Å². The van der Waals surface area contributed by atoms with Crippen molar-refractivity contribution >= 4 is 51.7 Å². The molecule has 0 saturated carbocycles. The molecule has 2 heterocycles. The second-order valence-electron chi connectivity index (χ2n) is 3.85. The molecule has 3 aromatic rings. The molecule has 0 spiro atoms. The summed E-state index contributed by atoms with van der Waals surface area (Å²) in [5.74, 6) is 0.682. The van der Waals surface area contributed by atoms with Crippen molar-refractivity contribution in [2.75, 3.05) is 11.1 Å². The maximum atomic E-state index is 5.94. The zero-order chi connectivity index (χ0) is 13.4. The largest absolute Gasteiger partial charge is 0.368 e. The van der Waals surface area contributed by atoms with Gasteiger partial charge >= 0.3 is 0 Å². The summed E-state index contributed by atoms with van der Waals surface area (Å²) in [6.07, 6.45) is 1.61. The quantitative estimate of drug-likeness (QED) is 0.676. The number of anilines is 3. The summed E-state index contributed by atoms with van der Waals surface area (Å²) in [5, 5.41) is 11.5. The monoisotopic (exact) mass is 294 g/mol.